The van der Waals surface area contributed by atoms with E-state index in [4.69, 9.17) is 0 Å². The van der Waals surface area contributed by atoms with E-state index in [-0.39, 0.29) is 0 Å². The summed E-state index contributed by atoms with van der Waals surface area (Å²) >= 11 is 0. The molecule has 4 aromatic heterocycles. The molecule has 14 aromatic rings. The molecule has 0 saturated heterocycles. The first-order valence-electron chi connectivity index (χ1n) is 23.3. The Morgan fingerprint density at radius 1 is 0.254 bits per heavy atom. The molecular formula is C62H44N4Si. The van der Waals surface area contributed by atoms with Crippen LogP contribution in [0.2, 0.25) is 13.1 Å². The van der Waals surface area contributed by atoms with Gasteiger partial charge in [-0.3, -0.25) is 0 Å². The van der Waals surface area contributed by atoms with Crippen LogP contribution in [0.25, 0.3) is 110 Å². The monoisotopic (exact) mass is 872 g/mol. The topological polar surface area (TPSA) is 19.7 Å². The second kappa shape index (κ2) is 14.3. The first kappa shape index (κ1) is 37.9. The van der Waals surface area contributed by atoms with Crippen LogP contribution in [0.1, 0.15) is 0 Å². The Kier molecular flexibility index (Phi) is 8.10. The highest BCUT2D eigenvalue weighted by atomic mass is 28.3. The number of benzene rings is 10. The molecule has 0 spiro atoms. The molecule has 4 nitrogen and oxygen atoms in total. The molecule has 4 heterocycles. The molecule has 0 amide bonds. The van der Waals surface area contributed by atoms with E-state index >= 15 is 0 Å². The van der Waals surface area contributed by atoms with Crippen molar-refractivity contribution in [3.8, 4) is 22.7 Å². The summed E-state index contributed by atoms with van der Waals surface area (Å²) in [6.45, 7) is 5.07. The molecule has 0 saturated carbocycles. The van der Waals surface area contributed by atoms with E-state index in [1.54, 1.807) is 0 Å². The molecule has 0 aliphatic heterocycles. The van der Waals surface area contributed by atoms with Crippen molar-refractivity contribution in [3.63, 3.8) is 0 Å². The lowest BCUT2D eigenvalue weighted by Gasteiger charge is -2.24. The smallest absolute Gasteiger partial charge is 0.112 e. The lowest BCUT2D eigenvalue weighted by molar-refractivity contribution is 1.17. The van der Waals surface area contributed by atoms with Crippen LogP contribution in [0.4, 0.5) is 0 Å². The molecular weight excluding hydrogens is 829 g/mol. The van der Waals surface area contributed by atoms with Gasteiger partial charge < -0.3 is 18.3 Å². The average Bonchev–Trinajstić information content (AvgIpc) is 4.12. The molecule has 0 unspecified atom stereocenters. The van der Waals surface area contributed by atoms with Crippen molar-refractivity contribution in [2.45, 2.75) is 13.1 Å². The van der Waals surface area contributed by atoms with Gasteiger partial charge in [0.25, 0.3) is 0 Å². The van der Waals surface area contributed by atoms with Gasteiger partial charge in [0, 0.05) is 65.8 Å². The van der Waals surface area contributed by atoms with E-state index in [1.165, 1.54) is 97.6 Å². The predicted octanol–water partition coefficient (Wildman–Crippen LogP) is 14.9. The average molecular weight is 873 g/mol. The maximum Gasteiger partial charge on any atom is 0.112 e. The van der Waals surface area contributed by atoms with E-state index < -0.39 is 8.07 Å². The van der Waals surface area contributed by atoms with Crippen LogP contribution >= 0.6 is 0 Å². The fourth-order valence-corrected chi connectivity index (χ4v) is 13.8. The highest BCUT2D eigenvalue weighted by Crippen LogP contribution is 2.44. The Bertz CT molecular complexity index is 3990. The Morgan fingerprint density at radius 3 is 0.955 bits per heavy atom. The first-order valence-corrected chi connectivity index (χ1v) is 26.3. The minimum absolute atomic E-state index is 1.16. The van der Waals surface area contributed by atoms with Crippen LogP contribution in [0.15, 0.2) is 231 Å². The van der Waals surface area contributed by atoms with Crippen molar-refractivity contribution in [2.24, 2.45) is 0 Å². The zero-order valence-corrected chi connectivity index (χ0v) is 38.2. The Balaban J connectivity index is 1.06. The fraction of sp³-hybridized carbons (Fsp3) is 0.0323. The van der Waals surface area contributed by atoms with Crippen molar-refractivity contribution >= 4 is 106 Å². The number of hydrogen-bond donors (Lipinski definition) is 0. The van der Waals surface area contributed by atoms with Gasteiger partial charge >= 0.3 is 0 Å². The van der Waals surface area contributed by atoms with E-state index in [9.17, 15) is 0 Å². The van der Waals surface area contributed by atoms with Gasteiger partial charge in [0.2, 0.25) is 0 Å². The van der Waals surface area contributed by atoms with Crippen molar-refractivity contribution < 1.29 is 0 Å². The van der Waals surface area contributed by atoms with Gasteiger partial charge in [0.15, 0.2) is 0 Å². The van der Waals surface area contributed by atoms with Gasteiger partial charge in [-0.2, -0.15) is 0 Å². The molecule has 0 atom stereocenters. The zero-order valence-electron chi connectivity index (χ0n) is 37.2. The molecule has 10 aromatic carbocycles. The minimum atomic E-state index is -2.39. The third kappa shape index (κ3) is 5.40. The molecule has 14 rings (SSSR count). The molecule has 0 fully saturated rings. The molecule has 0 bridgehead atoms. The van der Waals surface area contributed by atoms with Crippen LogP contribution in [0.5, 0.6) is 0 Å². The molecule has 0 aliphatic rings. The van der Waals surface area contributed by atoms with Crippen LogP contribution < -0.4 is 10.4 Å². The molecule has 5 heteroatoms. The SMILES string of the molecule is C[Si](C)(c1ccc2c(c1)c1c(ccc3c4ccccc4n(-c4ccccc4)c31)n2-c1ccccc1)c1ccc2c(c1)c1c(ccc3c4ccccc4n(-c4ccccc4)c31)n2-c1ccccc1. The number of para-hydroxylation sites is 6. The molecule has 0 radical (unpaired) electrons. The summed E-state index contributed by atoms with van der Waals surface area (Å²) < 4.78 is 9.92. The second-order valence-electron chi connectivity index (χ2n) is 18.5. The molecule has 67 heavy (non-hydrogen) atoms. The van der Waals surface area contributed by atoms with E-state index in [2.05, 4.69) is 262 Å². The predicted molar refractivity (Wildman–Crippen MR) is 287 cm³/mol. The van der Waals surface area contributed by atoms with E-state index in [1.807, 2.05) is 0 Å². The van der Waals surface area contributed by atoms with Gasteiger partial charge in [0.05, 0.1) is 44.1 Å². The molecule has 0 aliphatic carbocycles. The van der Waals surface area contributed by atoms with Crippen LogP contribution in [-0.4, -0.2) is 26.3 Å². The maximum atomic E-state index is 2.55. The Hall–Kier alpha value is -8.38. The van der Waals surface area contributed by atoms with Gasteiger partial charge in [-0.25, -0.2) is 0 Å². The summed E-state index contributed by atoms with van der Waals surface area (Å²) in [5.41, 5.74) is 14.4. The van der Waals surface area contributed by atoms with E-state index in [0.717, 1.165) is 22.7 Å². The fourth-order valence-electron chi connectivity index (χ4n) is 11.5. The van der Waals surface area contributed by atoms with Gasteiger partial charge in [-0.05, 0) is 84.9 Å². The van der Waals surface area contributed by atoms with E-state index in [0.29, 0.717) is 0 Å². The molecule has 316 valence electrons. The largest absolute Gasteiger partial charge is 0.309 e. The van der Waals surface area contributed by atoms with Gasteiger partial charge in [0.1, 0.15) is 8.07 Å². The quantitative estimate of drug-likeness (QED) is 0.148. The van der Waals surface area contributed by atoms with Crippen molar-refractivity contribution in [1.29, 1.82) is 0 Å². The summed E-state index contributed by atoms with van der Waals surface area (Å²) in [4.78, 5) is 0. The zero-order chi connectivity index (χ0) is 44.4. The standard InChI is InChI=1S/C62H44N4Si/c1-67(2,45-31-35-55-51(39-45)59-57(63(55)41-19-7-3-8-20-41)37-33-49-47-27-15-17-29-53(47)65(61(49)59)43-23-11-5-12-24-43)46-32-36-56-52(40-46)60-58(64(56)42-21-9-4-10-22-42)38-34-50-48-28-16-18-30-54(48)66(62(50)60)44-25-13-6-14-26-44/h3-40H,1-2H3. The normalized spacial score (nSPS) is 12.3. The summed E-state index contributed by atoms with van der Waals surface area (Å²) in [5, 5.41) is 13.0. The molecule has 0 N–H and O–H groups in total. The lowest BCUT2D eigenvalue weighted by Crippen LogP contribution is -2.52. The summed E-state index contributed by atoms with van der Waals surface area (Å²) in [6.07, 6.45) is 0. The van der Waals surface area contributed by atoms with Crippen molar-refractivity contribution in [3.05, 3.63) is 231 Å². The van der Waals surface area contributed by atoms with Crippen LogP contribution in [0, 0.1) is 0 Å². The van der Waals surface area contributed by atoms with Crippen molar-refractivity contribution in [1.82, 2.24) is 18.3 Å². The summed E-state index contributed by atoms with van der Waals surface area (Å²) in [7, 11) is -2.39. The number of hydrogen-bond acceptors (Lipinski definition) is 0. The maximum absolute atomic E-state index is 2.55. The van der Waals surface area contributed by atoms with Gasteiger partial charge in [-0.1, -0.05) is 169 Å². The van der Waals surface area contributed by atoms with Crippen LogP contribution in [0.3, 0.4) is 0 Å². The number of aromatic nitrogens is 4. The first-order chi connectivity index (χ1) is 33.0. The number of fused-ring (bicyclic) bond motifs is 14. The summed E-state index contributed by atoms with van der Waals surface area (Å²) in [6, 6.07) is 85.4. The van der Waals surface area contributed by atoms with Crippen molar-refractivity contribution in [2.75, 3.05) is 0 Å². The Labute approximate surface area is 388 Å². The Morgan fingerprint density at radius 2 is 0.567 bits per heavy atom. The van der Waals surface area contributed by atoms with Gasteiger partial charge in [-0.15, -0.1) is 0 Å². The lowest BCUT2D eigenvalue weighted by atomic mass is 10.1. The highest BCUT2D eigenvalue weighted by Gasteiger charge is 2.30. The third-order valence-corrected chi connectivity index (χ3v) is 18.1. The highest BCUT2D eigenvalue weighted by molar-refractivity contribution is 7.00. The number of rotatable bonds is 6. The third-order valence-electron chi connectivity index (χ3n) is 14.6. The second-order valence-corrected chi connectivity index (χ2v) is 22.9. The summed E-state index contributed by atoms with van der Waals surface area (Å²) in [5.74, 6) is 0. The minimum Gasteiger partial charge on any atom is -0.309 e. The van der Waals surface area contributed by atoms with Crippen LogP contribution in [-0.2, 0) is 0 Å². The number of nitrogens with zero attached hydrogens (tertiary/aromatic N) is 4.